The molecule has 2 heteroatoms. The van der Waals surface area contributed by atoms with Crippen molar-refractivity contribution in [1.29, 1.82) is 0 Å². The highest BCUT2D eigenvalue weighted by Gasteiger charge is 2.22. The zero-order valence-electron chi connectivity index (χ0n) is 11.9. The van der Waals surface area contributed by atoms with E-state index in [9.17, 15) is 5.11 Å². The lowest BCUT2D eigenvalue weighted by Gasteiger charge is -2.24. The van der Waals surface area contributed by atoms with E-state index in [1.807, 2.05) is 31.2 Å². The number of unbranched alkanes of at least 4 members (excludes halogenated alkanes) is 4. The Morgan fingerprint density at radius 1 is 1.06 bits per heavy atom. The lowest BCUT2D eigenvalue weighted by atomic mass is 9.90. The van der Waals surface area contributed by atoms with E-state index in [1.54, 1.807) is 7.11 Å². The Labute approximate surface area is 111 Å². The van der Waals surface area contributed by atoms with Gasteiger partial charge in [-0.1, -0.05) is 51.2 Å². The van der Waals surface area contributed by atoms with Gasteiger partial charge in [0, 0.05) is 0 Å². The Morgan fingerprint density at radius 2 is 1.67 bits per heavy atom. The molecule has 0 radical (unpaired) electrons. The van der Waals surface area contributed by atoms with Crippen LogP contribution in [-0.2, 0) is 5.60 Å². The van der Waals surface area contributed by atoms with Gasteiger partial charge in [-0.3, -0.25) is 0 Å². The molecule has 0 aromatic heterocycles. The van der Waals surface area contributed by atoms with Gasteiger partial charge in [0.25, 0.3) is 0 Å². The molecule has 0 bridgehead atoms. The third kappa shape index (κ3) is 4.69. The minimum absolute atomic E-state index is 0.724. The second-order valence-corrected chi connectivity index (χ2v) is 5.17. The molecule has 0 saturated carbocycles. The molecule has 0 heterocycles. The summed E-state index contributed by atoms with van der Waals surface area (Å²) < 4.78 is 5.13. The molecule has 1 aromatic rings. The summed E-state index contributed by atoms with van der Waals surface area (Å²) >= 11 is 0. The first kappa shape index (κ1) is 15.0. The maximum absolute atomic E-state index is 10.5. The van der Waals surface area contributed by atoms with Gasteiger partial charge in [-0.25, -0.2) is 0 Å². The van der Waals surface area contributed by atoms with Crippen LogP contribution in [0.3, 0.4) is 0 Å². The topological polar surface area (TPSA) is 29.5 Å². The van der Waals surface area contributed by atoms with Gasteiger partial charge >= 0.3 is 0 Å². The second kappa shape index (κ2) is 7.42. The molecule has 0 spiro atoms. The SMILES string of the molecule is CCCCCCCC(C)(O)c1ccc(OC)cc1. The summed E-state index contributed by atoms with van der Waals surface area (Å²) in [5.41, 5.74) is 0.247. The average Bonchev–Trinajstić information content (AvgIpc) is 2.38. The van der Waals surface area contributed by atoms with Crippen molar-refractivity contribution < 1.29 is 9.84 Å². The second-order valence-electron chi connectivity index (χ2n) is 5.17. The Morgan fingerprint density at radius 3 is 2.22 bits per heavy atom. The molecule has 0 aliphatic heterocycles. The molecular formula is C16H26O2. The molecule has 2 nitrogen and oxygen atoms in total. The van der Waals surface area contributed by atoms with Crippen LogP contribution in [-0.4, -0.2) is 12.2 Å². The highest BCUT2D eigenvalue weighted by atomic mass is 16.5. The summed E-state index contributed by atoms with van der Waals surface area (Å²) in [7, 11) is 1.65. The first-order chi connectivity index (χ1) is 8.60. The Hall–Kier alpha value is -1.02. The van der Waals surface area contributed by atoms with Crippen LogP contribution in [0, 0.1) is 0 Å². The molecule has 1 N–H and O–H groups in total. The normalized spacial score (nSPS) is 14.2. The van der Waals surface area contributed by atoms with Gasteiger partial charge in [-0.15, -0.1) is 0 Å². The minimum Gasteiger partial charge on any atom is -0.497 e. The van der Waals surface area contributed by atoms with Crippen LogP contribution in [0.4, 0.5) is 0 Å². The summed E-state index contributed by atoms with van der Waals surface area (Å²) in [5.74, 6) is 0.831. The van der Waals surface area contributed by atoms with E-state index in [0.717, 1.165) is 24.2 Å². The predicted octanol–water partition coefficient (Wildman–Crippen LogP) is 4.26. The van der Waals surface area contributed by atoms with Crippen LogP contribution in [0.5, 0.6) is 5.75 Å². The molecule has 0 aliphatic carbocycles. The van der Waals surface area contributed by atoms with Gasteiger partial charge in [0.15, 0.2) is 0 Å². The van der Waals surface area contributed by atoms with Crippen LogP contribution in [0.1, 0.15) is 57.9 Å². The predicted molar refractivity (Wildman–Crippen MR) is 75.9 cm³/mol. The van der Waals surface area contributed by atoms with E-state index in [2.05, 4.69) is 6.92 Å². The third-order valence-electron chi connectivity index (χ3n) is 3.48. The third-order valence-corrected chi connectivity index (χ3v) is 3.48. The lowest BCUT2D eigenvalue weighted by molar-refractivity contribution is 0.0448. The van der Waals surface area contributed by atoms with Crippen molar-refractivity contribution in [3.63, 3.8) is 0 Å². The molecule has 1 unspecified atom stereocenters. The van der Waals surface area contributed by atoms with Gasteiger partial charge in [-0.05, 0) is 31.0 Å². The first-order valence-corrected chi connectivity index (χ1v) is 6.97. The van der Waals surface area contributed by atoms with Gasteiger partial charge in [0.1, 0.15) is 5.75 Å². The van der Waals surface area contributed by atoms with Crippen molar-refractivity contribution in [1.82, 2.24) is 0 Å². The molecule has 0 amide bonds. The zero-order chi connectivity index (χ0) is 13.4. The Bertz CT molecular complexity index is 327. The van der Waals surface area contributed by atoms with Crippen LogP contribution in [0.15, 0.2) is 24.3 Å². The number of benzene rings is 1. The molecule has 0 fully saturated rings. The van der Waals surface area contributed by atoms with Crippen molar-refractivity contribution >= 4 is 0 Å². The molecule has 0 saturated heterocycles. The van der Waals surface area contributed by atoms with Crippen LogP contribution in [0.25, 0.3) is 0 Å². The highest BCUT2D eigenvalue weighted by molar-refractivity contribution is 5.30. The summed E-state index contributed by atoms with van der Waals surface area (Å²) in [6.45, 7) is 4.11. The fourth-order valence-corrected chi connectivity index (χ4v) is 2.17. The molecule has 18 heavy (non-hydrogen) atoms. The molecule has 1 rings (SSSR count). The van der Waals surface area contributed by atoms with Crippen LogP contribution >= 0.6 is 0 Å². The van der Waals surface area contributed by atoms with Crippen LogP contribution in [0.2, 0.25) is 0 Å². The van der Waals surface area contributed by atoms with E-state index in [4.69, 9.17) is 4.74 Å². The zero-order valence-corrected chi connectivity index (χ0v) is 11.9. The number of rotatable bonds is 8. The van der Waals surface area contributed by atoms with E-state index < -0.39 is 5.60 Å². The maximum atomic E-state index is 10.5. The Kier molecular flexibility index (Phi) is 6.20. The van der Waals surface area contributed by atoms with E-state index in [0.29, 0.717) is 0 Å². The average molecular weight is 250 g/mol. The van der Waals surface area contributed by atoms with Gasteiger partial charge in [-0.2, -0.15) is 0 Å². The number of hydrogen-bond donors (Lipinski definition) is 1. The van der Waals surface area contributed by atoms with E-state index in [1.165, 1.54) is 25.7 Å². The van der Waals surface area contributed by atoms with Crippen molar-refractivity contribution in [3.05, 3.63) is 29.8 Å². The number of aliphatic hydroxyl groups is 1. The fraction of sp³-hybridized carbons (Fsp3) is 0.625. The fourth-order valence-electron chi connectivity index (χ4n) is 2.17. The maximum Gasteiger partial charge on any atom is 0.118 e. The molecule has 1 atom stereocenters. The van der Waals surface area contributed by atoms with Gasteiger partial charge < -0.3 is 9.84 Å². The standard InChI is InChI=1S/C16H26O2/c1-4-5-6-7-8-13-16(2,17)14-9-11-15(18-3)12-10-14/h9-12,17H,4-8,13H2,1-3H3. The van der Waals surface area contributed by atoms with Crippen molar-refractivity contribution in [2.75, 3.05) is 7.11 Å². The molecular weight excluding hydrogens is 224 g/mol. The largest absolute Gasteiger partial charge is 0.497 e. The van der Waals surface area contributed by atoms with Crippen molar-refractivity contribution in [2.24, 2.45) is 0 Å². The van der Waals surface area contributed by atoms with Crippen LogP contribution < -0.4 is 4.74 Å². The molecule has 102 valence electrons. The Balaban J connectivity index is 2.45. The smallest absolute Gasteiger partial charge is 0.118 e. The number of methoxy groups -OCH3 is 1. The number of ether oxygens (including phenoxy) is 1. The van der Waals surface area contributed by atoms with Gasteiger partial charge in [0.2, 0.25) is 0 Å². The number of hydrogen-bond acceptors (Lipinski definition) is 2. The minimum atomic E-state index is -0.724. The van der Waals surface area contributed by atoms with Crippen molar-refractivity contribution in [2.45, 2.75) is 58.0 Å². The van der Waals surface area contributed by atoms with Crippen molar-refractivity contribution in [3.8, 4) is 5.75 Å². The first-order valence-electron chi connectivity index (χ1n) is 6.97. The van der Waals surface area contributed by atoms with E-state index >= 15 is 0 Å². The van der Waals surface area contributed by atoms with E-state index in [-0.39, 0.29) is 0 Å². The van der Waals surface area contributed by atoms with Gasteiger partial charge in [0.05, 0.1) is 12.7 Å². The molecule has 1 aromatic carbocycles. The summed E-state index contributed by atoms with van der Waals surface area (Å²) in [4.78, 5) is 0. The summed E-state index contributed by atoms with van der Waals surface area (Å²) in [6.07, 6.45) is 6.94. The summed E-state index contributed by atoms with van der Waals surface area (Å²) in [5, 5.41) is 10.5. The summed E-state index contributed by atoms with van der Waals surface area (Å²) in [6, 6.07) is 7.71. The lowest BCUT2D eigenvalue weighted by Crippen LogP contribution is -2.20. The monoisotopic (exact) mass is 250 g/mol. The highest BCUT2D eigenvalue weighted by Crippen LogP contribution is 2.28. The molecule has 0 aliphatic rings. The quantitative estimate of drug-likeness (QED) is 0.698.